The van der Waals surface area contributed by atoms with E-state index in [1.54, 1.807) is 30.3 Å². The maximum atomic E-state index is 12.9. The number of amides is 2. The molecule has 0 radical (unpaired) electrons. The highest BCUT2D eigenvalue weighted by Gasteiger charge is 2.36. The minimum Gasteiger partial charge on any atom is -0.508 e. The molecule has 0 spiro atoms. The van der Waals surface area contributed by atoms with E-state index >= 15 is 0 Å². The number of aromatic nitrogens is 1. The number of phenolic OH excluding ortho intramolecular Hbond substituents is 1. The zero-order chi connectivity index (χ0) is 38.3. The second kappa shape index (κ2) is 17.3. The molecule has 0 saturated carbocycles. The molecular formula is C46H58N4O3. The Morgan fingerprint density at radius 3 is 2.49 bits per heavy atom. The van der Waals surface area contributed by atoms with Gasteiger partial charge in [0.1, 0.15) is 5.75 Å². The van der Waals surface area contributed by atoms with E-state index in [2.05, 4.69) is 112 Å². The molecule has 2 amide bonds. The number of allylic oxidation sites excluding steroid dienone is 9. The number of anilines is 1. The van der Waals surface area contributed by atoms with Crippen LogP contribution in [-0.4, -0.2) is 64.4 Å². The number of hydrogen-bond acceptors (Lipinski definition) is 4. The molecule has 2 aromatic carbocycles. The summed E-state index contributed by atoms with van der Waals surface area (Å²) in [4.78, 5) is 32.6. The minimum atomic E-state index is -0.194. The highest BCUT2D eigenvalue weighted by molar-refractivity contribution is 6.00. The van der Waals surface area contributed by atoms with Crippen molar-refractivity contribution >= 4 is 34.0 Å². The van der Waals surface area contributed by atoms with E-state index < -0.39 is 0 Å². The number of fused-ring (bicyclic) bond motifs is 2. The SMILES string of the molecule is CC1=C(/C=C/C(C)=C/C=C/C(C)=C/C(=O)Nc2ccc(O)cc2)C(C)(C)CCC1.CCN(CC)C(=O)[C@@H]1C=C2c3cccc4[nH]cc(c34)C[C@H]2N(C)C1. The van der Waals surface area contributed by atoms with Gasteiger partial charge < -0.3 is 20.3 Å². The summed E-state index contributed by atoms with van der Waals surface area (Å²) >= 11 is 0. The van der Waals surface area contributed by atoms with Crippen LogP contribution in [0, 0.1) is 11.3 Å². The number of hydrogen-bond donors (Lipinski definition) is 3. The maximum Gasteiger partial charge on any atom is 0.248 e. The van der Waals surface area contributed by atoms with Gasteiger partial charge in [-0.25, -0.2) is 0 Å². The summed E-state index contributed by atoms with van der Waals surface area (Å²) < 4.78 is 0. The number of benzene rings is 2. The first-order chi connectivity index (χ1) is 25.3. The van der Waals surface area contributed by atoms with Gasteiger partial charge in [0.25, 0.3) is 0 Å². The Bertz CT molecular complexity index is 1980. The molecule has 0 bridgehead atoms. The summed E-state index contributed by atoms with van der Waals surface area (Å²) in [6, 6.07) is 13.2. The summed E-state index contributed by atoms with van der Waals surface area (Å²) in [5.41, 5.74) is 11.1. The third-order valence-electron chi connectivity index (χ3n) is 10.9. The first-order valence-corrected chi connectivity index (χ1v) is 19.1. The van der Waals surface area contributed by atoms with Crippen molar-refractivity contribution in [1.29, 1.82) is 0 Å². The number of aromatic amines is 1. The first-order valence-electron chi connectivity index (χ1n) is 19.1. The van der Waals surface area contributed by atoms with Crippen LogP contribution in [0.3, 0.4) is 0 Å². The third kappa shape index (κ3) is 9.57. The largest absolute Gasteiger partial charge is 0.508 e. The lowest BCUT2D eigenvalue weighted by molar-refractivity contribution is -0.134. The summed E-state index contributed by atoms with van der Waals surface area (Å²) in [6.07, 6.45) is 21.1. The lowest BCUT2D eigenvalue weighted by Gasteiger charge is -2.40. The molecule has 2 aliphatic carbocycles. The molecule has 3 N–H and O–H groups in total. The van der Waals surface area contributed by atoms with Gasteiger partial charge in [0, 0.05) is 54.5 Å². The number of aromatic hydroxyl groups is 1. The minimum absolute atomic E-state index is 0.0445. The summed E-state index contributed by atoms with van der Waals surface area (Å²) in [7, 11) is 2.15. The van der Waals surface area contributed by atoms with E-state index in [-0.39, 0.29) is 28.9 Å². The van der Waals surface area contributed by atoms with Gasteiger partial charge in [-0.3, -0.25) is 14.5 Å². The summed E-state index contributed by atoms with van der Waals surface area (Å²) in [5.74, 6) is 0.189. The highest BCUT2D eigenvalue weighted by atomic mass is 16.3. The molecular weight excluding hydrogens is 657 g/mol. The second-order valence-corrected chi connectivity index (χ2v) is 15.4. The monoisotopic (exact) mass is 714 g/mol. The van der Waals surface area contributed by atoms with Crippen LogP contribution in [0.4, 0.5) is 5.69 Å². The van der Waals surface area contributed by atoms with Crippen LogP contribution >= 0.6 is 0 Å². The van der Waals surface area contributed by atoms with Crippen LogP contribution < -0.4 is 5.32 Å². The van der Waals surface area contributed by atoms with Crippen molar-refractivity contribution in [2.24, 2.45) is 11.3 Å². The average Bonchev–Trinajstić information content (AvgIpc) is 3.54. The number of rotatable bonds is 9. The number of likely N-dealkylation sites (N-methyl/N-ethyl adjacent to an activating group) is 1. The van der Waals surface area contributed by atoms with Gasteiger partial charge in [0.05, 0.1) is 5.92 Å². The Morgan fingerprint density at radius 2 is 1.79 bits per heavy atom. The molecule has 3 aromatic rings. The van der Waals surface area contributed by atoms with E-state index in [4.69, 9.17) is 0 Å². The van der Waals surface area contributed by atoms with Crippen molar-refractivity contribution < 1.29 is 14.7 Å². The quantitative estimate of drug-likeness (QED) is 0.117. The van der Waals surface area contributed by atoms with E-state index in [0.29, 0.717) is 11.7 Å². The second-order valence-electron chi connectivity index (χ2n) is 15.4. The molecule has 2 atom stereocenters. The van der Waals surface area contributed by atoms with E-state index in [0.717, 1.165) is 31.6 Å². The lowest BCUT2D eigenvalue weighted by Crippen LogP contribution is -2.47. The van der Waals surface area contributed by atoms with Crippen molar-refractivity contribution in [2.75, 3.05) is 32.0 Å². The van der Waals surface area contributed by atoms with Crippen molar-refractivity contribution in [2.45, 2.75) is 80.2 Å². The molecule has 0 fully saturated rings. The fraction of sp³-hybridized carbons (Fsp3) is 0.391. The van der Waals surface area contributed by atoms with Gasteiger partial charge in [0.15, 0.2) is 0 Å². The van der Waals surface area contributed by atoms with Gasteiger partial charge in [-0.2, -0.15) is 0 Å². The van der Waals surface area contributed by atoms with Crippen LogP contribution in [0.25, 0.3) is 16.5 Å². The fourth-order valence-corrected chi connectivity index (χ4v) is 7.99. The molecule has 1 aromatic heterocycles. The molecule has 53 heavy (non-hydrogen) atoms. The number of carbonyl (C=O) groups is 2. The van der Waals surface area contributed by atoms with E-state index in [9.17, 15) is 14.7 Å². The summed E-state index contributed by atoms with van der Waals surface area (Å²) in [5, 5.41) is 13.4. The predicted molar refractivity (Wildman–Crippen MR) is 221 cm³/mol. The van der Waals surface area contributed by atoms with Crippen LogP contribution in [0.15, 0.2) is 113 Å². The third-order valence-corrected chi connectivity index (χ3v) is 10.9. The van der Waals surface area contributed by atoms with E-state index in [1.807, 2.05) is 24.0 Å². The zero-order valence-electron chi connectivity index (χ0n) is 32.9. The van der Waals surface area contributed by atoms with Crippen LogP contribution in [0.5, 0.6) is 5.75 Å². The Kier molecular flexibility index (Phi) is 12.8. The molecule has 2 heterocycles. The Morgan fingerprint density at radius 1 is 1.06 bits per heavy atom. The van der Waals surface area contributed by atoms with Gasteiger partial charge in [0.2, 0.25) is 11.8 Å². The number of carbonyl (C=O) groups excluding carboxylic acids is 2. The maximum absolute atomic E-state index is 12.9. The molecule has 3 aliphatic rings. The highest BCUT2D eigenvalue weighted by Crippen LogP contribution is 2.42. The summed E-state index contributed by atoms with van der Waals surface area (Å²) in [6.45, 7) is 17.3. The van der Waals surface area contributed by atoms with Gasteiger partial charge >= 0.3 is 0 Å². The Labute approximate surface area is 316 Å². The smallest absolute Gasteiger partial charge is 0.248 e. The lowest BCUT2D eigenvalue weighted by atomic mass is 9.72. The molecule has 7 heteroatoms. The number of phenols is 1. The van der Waals surface area contributed by atoms with Crippen molar-refractivity contribution in [3.05, 3.63) is 125 Å². The van der Waals surface area contributed by atoms with Crippen molar-refractivity contribution in [1.82, 2.24) is 14.8 Å². The number of H-pyrrole nitrogens is 1. The average molecular weight is 715 g/mol. The van der Waals surface area contributed by atoms with Crippen LogP contribution in [-0.2, 0) is 16.0 Å². The van der Waals surface area contributed by atoms with Gasteiger partial charge in [-0.1, -0.05) is 73.6 Å². The Hall–Kier alpha value is -4.88. The molecule has 1 aliphatic heterocycles. The fourth-order valence-electron chi connectivity index (χ4n) is 7.99. The van der Waals surface area contributed by atoms with Crippen LogP contribution in [0.2, 0.25) is 0 Å². The number of nitrogens with one attached hydrogen (secondary N) is 2. The molecule has 280 valence electrons. The first kappa shape index (κ1) is 39.3. The van der Waals surface area contributed by atoms with Gasteiger partial charge in [-0.05, 0) is 131 Å². The molecule has 6 rings (SSSR count). The molecule has 0 unspecified atom stereocenters. The van der Waals surface area contributed by atoms with Crippen molar-refractivity contribution in [3.63, 3.8) is 0 Å². The predicted octanol–water partition coefficient (Wildman–Crippen LogP) is 9.77. The molecule has 0 saturated heterocycles. The topological polar surface area (TPSA) is 88.7 Å². The van der Waals surface area contributed by atoms with Crippen LogP contribution in [0.1, 0.15) is 78.9 Å². The van der Waals surface area contributed by atoms with E-state index in [1.165, 1.54) is 63.6 Å². The van der Waals surface area contributed by atoms with Crippen molar-refractivity contribution in [3.8, 4) is 5.75 Å². The number of nitrogens with zero attached hydrogens (tertiary/aromatic N) is 2. The molecule has 7 nitrogen and oxygen atoms in total. The van der Waals surface area contributed by atoms with Gasteiger partial charge in [-0.15, -0.1) is 0 Å². The standard InChI is InChI=1S/C26H33NO2.C20H25N3O/c1-19(11-16-24-21(3)10-7-17-26(24,4)5)8-6-9-20(2)18-25(29)27-22-12-14-23(28)15-13-22;1-4-23(5-2)20(24)14-9-16-15-7-6-8-17-19(15)13(11-21-17)10-18(16)22(3)12-14/h6,8-9,11-16,18,28H,7,10,17H2,1-5H3,(H,27,29);6-9,11,14,18,21H,4-5,10,12H2,1-3H3/b9-6+,16-11+,19-8+,20-18+;/t;14-,18-/m.1/s1. The zero-order valence-corrected chi connectivity index (χ0v) is 32.9. The normalized spacial score (nSPS) is 20.3. The Balaban J connectivity index is 0.000000207.